The van der Waals surface area contributed by atoms with E-state index < -0.39 is 11.5 Å². The van der Waals surface area contributed by atoms with E-state index in [0.29, 0.717) is 38.8 Å². The van der Waals surface area contributed by atoms with Gasteiger partial charge in [-0.3, -0.25) is 24.2 Å². The average Bonchev–Trinajstić information content (AvgIpc) is 3.43. The molecule has 4 heterocycles. The Morgan fingerprint density at radius 1 is 0.950 bits per heavy atom. The average molecular weight is 538 g/mol. The third-order valence-electron chi connectivity index (χ3n) is 8.30. The van der Waals surface area contributed by atoms with Crippen molar-refractivity contribution in [2.45, 2.75) is 51.2 Å². The zero-order valence-electron chi connectivity index (χ0n) is 22.6. The number of benzene rings is 2. The fraction of sp³-hybridized carbons (Fsp3) is 0.387. The SMILES string of the molecule is O=C1NCCCn2cc(nn2)CC2(CCN(Cc3cccc4ncccc34)CC2)C(=O)N[C@H]1Cc1ccccc1. The summed E-state index contributed by atoms with van der Waals surface area (Å²) >= 11 is 0. The molecular formula is C31H35N7O2. The lowest BCUT2D eigenvalue weighted by Crippen LogP contribution is -2.56. The van der Waals surface area contributed by atoms with E-state index in [9.17, 15) is 9.59 Å². The second kappa shape index (κ2) is 11.6. The molecule has 206 valence electrons. The minimum Gasteiger partial charge on any atom is -0.354 e. The van der Waals surface area contributed by atoms with Gasteiger partial charge in [0.05, 0.1) is 16.6 Å². The minimum absolute atomic E-state index is 0.0774. The van der Waals surface area contributed by atoms with Crippen LogP contribution in [-0.2, 0) is 35.5 Å². The van der Waals surface area contributed by atoms with Gasteiger partial charge < -0.3 is 10.6 Å². The summed E-state index contributed by atoms with van der Waals surface area (Å²) in [4.78, 5) is 34.3. The molecule has 2 amide bonds. The number of nitrogens with one attached hydrogen (secondary N) is 2. The summed E-state index contributed by atoms with van der Waals surface area (Å²) < 4.78 is 1.82. The number of hydrogen-bond acceptors (Lipinski definition) is 6. The summed E-state index contributed by atoms with van der Waals surface area (Å²) in [6, 6.07) is 19.6. The van der Waals surface area contributed by atoms with E-state index in [1.165, 1.54) is 5.56 Å². The highest BCUT2D eigenvalue weighted by Crippen LogP contribution is 2.36. The number of nitrogens with zero attached hydrogens (tertiary/aromatic N) is 5. The number of aryl methyl sites for hydroxylation is 1. The molecule has 0 aliphatic carbocycles. The molecule has 40 heavy (non-hydrogen) atoms. The molecule has 1 fully saturated rings. The van der Waals surface area contributed by atoms with Gasteiger partial charge in [-0.15, -0.1) is 5.10 Å². The number of carbonyl (C=O) groups is 2. The molecule has 2 N–H and O–H groups in total. The normalized spacial score (nSPS) is 20.2. The summed E-state index contributed by atoms with van der Waals surface area (Å²) in [5, 5.41) is 16.1. The molecule has 9 heteroatoms. The Morgan fingerprint density at radius 3 is 2.65 bits per heavy atom. The number of hydrogen-bond donors (Lipinski definition) is 2. The van der Waals surface area contributed by atoms with Crippen LogP contribution in [0.15, 0.2) is 73.1 Å². The standard InChI is InChI=1S/C31H35N7O2/c39-29-28(19-23-7-2-1-3-8-23)34-30(40)31(20-25-22-38(36-35-25)16-6-15-33-29)12-17-37(18-13-31)21-24-9-4-11-27-26(24)10-5-14-32-27/h1-5,7-11,14,22,28H,6,12-13,15-21H2,(H,33,39)(H,34,40)/t28-/m0/s1. The number of rotatable bonds is 4. The van der Waals surface area contributed by atoms with Gasteiger partial charge in [0.2, 0.25) is 11.8 Å². The Bertz CT molecular complexity index is 1470. The molecule has 4 aromatic rings. The number of fused-ring (bicyclic) bond motifs is 3. The molecule has 1 atom stereocenters. The summed E-state index contributed by atoms with van der Waals surface area (Å²) in [5.74, 6) is -0.224. The predicted octanol–water partition coefficient (Wildman–Crippen LogP) is 2.90. The predicted molar refractivity (Wildman–Crippen MR) is 152 cm³/mol. The fourth-order valence-corrected chi connectivity index (χ4v) is 5.99. The van der Waals surface area contributed by atoms with Crippen molar-refractivity contribution >= 4 is 22.7 Å². The van der Waals surface area contributed by atoms with Gasteiger partial charge in [-0.2, -0.15) is 0 Å². The topological polar surface area (TPSA) is 105 Å². The van der Waals surface area contributed by atoms with Crippen molar-refractivity contribution in [1.29, 1.82) is 0 Å². The maximum Gasteiger partial charge on any atom is 0.242 e. The van der Waals surface area contributed by atoms with Crippen molar-refractivity contribution < 1.29 is 9.59 Å². The number of carbonyl (C=O) groups excluding carboxylic acids is 2. The highest BCUT2D eigenvalue weighted by molar-refractivity contribution is 5.90. The Morgan fingerprint density at radius 2 is 1.80 bits per heavy atom. The maximum absolute atomic E-state index is 14.1. The first-order valence-electron chi connectivity index (χ1n) is 14.1. The molecule has 2 aliphatic heterocycles. The fourth-order valence-electron chi connectivity index (χ4n) is 5.99. The van der Waals surface area contributed by atoms with Gasteiger partial charge in [-0.25, -0.2) is 0 Å². The van der Waals surface area contributed by atoms with Crippen LogP contribution in [0.5, 0.6) is 0 Å². The number of amides is 2. The molecule has 1 saturated heterocycles. The minimum atomic E-state index is -0.666. The van der Waals surface area contributed by atoms with E-state index in [2.05, 4.69) is 49.0 Å². The van der Waals surface area contributed by atoms with Crippen LogP contribution in [0.3, 0.4) is 0 Å². The van der Waals surface area contributed by atoms with Crippen molar-refractivity contribution in [3.63, 3.8) is 0 Å². The first-order chi connectivity index (χ1) is 19.6. The van der Waals surface area contributed by atoms with E-state index in [1.807, 2.05) is 59.5 Å². The molecule has 2 aliphatic rings. The van der Waals surface area contributed by atoms with Crippen molar-refractivity contribution in [1.82, 2.24) is 35.5 Å². The molecule has 0 radical (unpaired) electrons. The first kappa shape index (κ1) is 26.1. The number of likely N-dealkylation sites (tertiary alicyclic amines) is 1. The molecular weight excluding hydrogens is 502 g/mol. The summed E-state index contributed by atoms with van der Waals surface area (Å²) in [6.07, 6.45) is 6.82. The van der Waals surface area contributed by atoms with E-state index >= 15 is 0 Å². The van der Waals surface area contributed by atoms with Crippen LogP contribution < -0.4 is 10.6 Å². The van der Waals surface area contributed by atoms with Gasteiger partial charge >= 0.3 is 0 Å². The third kappa shape index (κ3) is 5.74. The quantitative estimate of drug-likeness (QED) is 0.415. The van der Waals surface area contributed by atoms with E-state index in [1.54, 1.807) is 0 Å². The maximum atomic E-state index is 14.1. The summed E-state index contributed by atoms with van der Waals surface area (Å²) in [7, 11) is 0. The van der Waals surface area contributed by atoms with Gasteiger partial charge in [-0.05, 0) is 55.6 Å². The molecule has 0 saturated carbocycles. The Kier molecular flexibility index (Phi) is 7.55. The molecule has 2 bridgehead atoms. The van der Waals surface area contributed by atoms with Crippen LogP contribution in [0.25, 0.3) is 10.9 Å². The van der Waals surface area contributed by atoms with Gasteiger partial charge in [0.25, 0.3) is 0 Å². The van der Waals surface area contributed by atoms with Crippen LogP contribution in [0.2, 0.25) is 0 Å². The Hall–Kier alpha value is -4.11. The lowest BCUT2D eigenvalue weighted by Gasteiger charge is -2.41. The van der Waals surface area contributed by atoms with E-state index in [4.69, 9.17) is 0 Å². The van der Waals surface area contributed by atoms with Crippen LogP contribution in [0.4, 0.5) is 0 Å². The molecule has 9 nitrogen and oxygen atoms in total. The summed E-state index contributed by atoms with van der Waals surface area (Å²) in [6.45, 7) is 3.52. The number of aromatic nitrogens is 4. The molecule has 2 aromatic carbocycles. The van der Waals surface area contributed by atoms with Crippen molar-refractivity contribution in [2.75, 3.05) is 19.6 Å². The lowest BCUT2D eigenvalue weighted by molar-refractivity contribution is -0.137. The Labute approximate surface area is 234 Å². The zero-order chi connectivity index (χ0) is 27.4. The highest BCUT2D eigenvalue weighted by Gasteiger charge is 2.43. The van der Waals surface area contributed by atoms with Gasteiger partial charge in [-0.1, -0.05) is 53.7 Å². The van der Waals surface area contributed by atoms with Gasteiger partial charge in [0.15, 0.2) is 0 Å². The monoisotopic (exact) mass is 537 g/mol. The largest absolute Gasteiger partial charge is 0.354 e. The molecule has 0 unspecified atom stereocenters. The van der Waals surface area contributed by atoms with Crippen LogP contribution in [0, 0.1) is 5.41 Å². The first-order valence-corrected chi connectivity index (χ1v) is 14.1. The molecule has 1 spiro atoms. The second-order valence-corrected chi connectivity index (χ2v) is 11.1. The van der Waals surface area contributed by atoms with Gasteiger partial charge in [0, 0.05) is 50.3 Å². The van der Waals surface area contributed by atoms with Crippen LogP contribution in [-0.4, -0.2) is 62.4 Å². The number of piperidine rings is 1. The summed E-state index contributed by atoms with van der Waals surface area (Å²) in [5.41, 5.74) is 3.41. The molecule has 6 rings (SSSR count). The van der Waals surface area contributed by atoms with Crippen LogP contribution >= 0.6 is 0 Å². The van der Waals surface area contributed by atoms with Crippen molar-refractivity contribution in [3.8, 4) is 0 Å². The highest BCUT2D eigenvalue weighted by atomic mass is 16.2. The lowest BCUT2D eigenvalue weighted by atomic mass is 9.73. The molecule has 2 aromatic heterocycles. The van der Waals surface area contributed by atoms with E-state index in [0.717, 1.165) is 48.2 Å². The van der Waals surface area contributed by atoms with Crippen molar-refractivity contribution in [2.24, 2.45) is 5.41 Å². The Balaban J connectivity index is 1.24. The van der Waals surface area contributed by atoms with Crippen LogP contribution in [0.1, 0.15) is 36.1 Å². The second-order valence-electron chi connectivity index (χ2n) is 11.1. The zero-order valence-corrected chi connectivity index (χ0v) is 22.6. The third-order valence-corrected chi connectivity index (χ3v) is 8.30. The number of pyridine rings is 1. The van der Waals surface area contributed by atoms with Gasteiger partial charge in [0.1, 0.15) is 6.04 Å². The smallest absolute Gasteiger partial charge is 0.242 e. The van der Waals surface area contributed by atoms with E-state index in [-0.39, 0.29) is 11.8 Å². The van der Waals surface area contributed by atoms with Crippen molar-refractivity contribution in [3.05, 3.63) is 89.9 Å².